The summed E-state index contributed by atoms with van der Waals surface area (Å²) >= 11 is 0. The summed E-state index contributed by atoms with van der Waals surface area (Å²) in [6.45, 7) is 13.1. The van der Waals surface area contributed by atoms with Crippen LogP contribution in [0.4, 0.5) is 0 Å². The number of hydrogen-bond acceptors (Lipinski definition) is 4. The Morgan fingerprint density at radius 1 is 0.741 bits per heavy atom. The van der Waals surface area contributed by atoms with Gasteiger partial charge in [0.15, 0.2) is 0 Å². The van der Waals surface area contributed by atoms with Gasteiger partial charge in [0, 0.05) is 28.2 Å². The molecule has 1 aromatic carbocycles. The lowest BCUT2D eigenvalue weighted by Gasteiger charge is -2.19. The molecule has 0 unspecified atom stereocenters. The number of fused-ring (bicyclic) bond motifs is 2. The van der Waals surface area contributed by atoms with Crippen molar-refractivity contribution >= 4 is 17.0 Å². The molecule has 0 saturated heterocycles. The summed E-state index contributed by atoms with van der Waals surface area (Å²) in [7, 11) is 0. The zero-order valence-electron chi connectivity index (χ0n) is 17.1. The van der Waals surface area contributed by atoms with Gasteiger partial charge in [-0.05, 0) is 6.07 Å². The Bertz CT molecular complexity index is 970. The minimum absolute atomic E-state index is 0.0720. The Morgan fingerprint density at radius 3 is 2.07 bits per heavy atom. The molecule has 0 spiro atoms. The fraction of sp³-hybridized carbons (Fsp3) is 0.391. The first-order valence-corrected chi connectivity index (χ1v) is 9.39. The van der Waals surface area contributed by atoms with Gasteiger partial charge in [0.05, 0.1) is 22.6 Å². The van der Waals surface area contributed by atoms with Gasteiger partial charge in [-0.1, -0.05) is 71.9 Å². The minimum atomic E-state index is 0.0720. The SMILES string of the molecule is CC(C)(C)c1ncnc2c1C=CC2.CC(C)(C)c1ncnc2ccccc12. The third kappa shape index (κ3) is 4.21. The zero-order chi connectivity index (χ0) is 19.7. The van der Waals surface area contributed by atoms with E-state index in [4.69, 9.17) is 0 Å². The molecular formula is C23H28N4. The number of rotatable bonds is 0. The second-order valence-electron chi connectivity index (χ2n) is 8.93. The predicted molar refractivity (Wildman–Crippen MR) is 112 cm³/mol. The molecule has 4 rings (SSSR count). The van der Waals surface area contributed by atoms with Gasteiger partial charge < -0.3 is 0 Å². The summed E-state index contributed by atoms with van der Waals surface area (Å²) in [5, 5.41) is 1.16. The van der Waals surface area contributed by atoms with Crippen molar-refractivity contribution in [3.63, 3.8) is 0 Å². The zero-order valence-corrected chi connectivity index (χ0v) is 17.1. The molecule has 2 heterocycles. The van der Waals surface area contributed by atoms with Crippen LogP contribution in [0.1, 0.15) is 64.2 Å². The van der Waals surface area contributed by atoms with Crippen molar-refractivity contribution < 1.29 is 0 Å². The number of benzene rings is 1. The number of para-hydroxylation sites is 1. The normalized spacial score (nSPS) is 13.3. The van der Waals surface area contributed by atoms with Crippen LogP contribution >= 0.6 is 0 Å². The molecule has 140 valence electrons. The van der Waals surface area contributed by atoms with Gasteiger partial charge >= 0.3 is 0 Å². The molecule has 0 radical (unpaired) electrons. The summed E-state index contributed by atoms with van der Waals surface area (Å²) in [6.07, 6.45) is 8.56. The highest BCUT2D eigenvalue weighted by Crippen LogP contribution is 2.29. The molecule has 4 nitrogen and oxygen atoms in total. The Hall–Kier alpha value is -2.62. The van der Waals surface area contributed by atoms with Gasteiger partial charge in [-0.15, -0.1) is 0 Å². The molecule has 1 aliphatic rings. The van der Waals surface area contributed by atoms with E-state index in [1.54, 1.807) is 12.7 Å². The Labute approximate surface area is 161 Å². The first kappa shape index (κ1) is 19.2. The average molecular weight is 361 g/mol. The van der Waals surface area contributed by atoms with Crippen molar-refractivity contribution in [3.05, 3.63) is 65.6 Å². The maximum absolute atomic E-state index is 4.37. The van der Waals surface area contributed by atoms with E-state index < -0.39 is 0 Å². The van der Waals surface area contributed by atoms with Gasteiger partial charge in [-0.3, -0.25) is 0 Å². The average Bonchev–Trinajstić information content (AvgIpc) is 3.08. The lowest BCUT2D eigenvalue weighted by atomic mass is 9.88. The van der Waals surface area contributed by atoms with Gasteiger partial charge in [0.2, 0.25) is 0 Å². The quantitative estimate of drug-likeness (QED) is 0.548. The van der Waals surface area contributed by atoms with E-state index in [0.717, 1.165) is 28.7 Å². The Morgan fingerprint density at radius 2 is 1.37 bits per heavy atom. The fourth-order valence-electron chi connectivity index (χ4n) is 3.26. The van der Waals surface area contributed by atoms with E-state index in [-0.39, 0.29) is 10.8 Å². The topological polar surface area (TPSA) is 51.6 Å². The van der Waals surface area contributed by atoms with Gasteiger partial charge in [0.1, 0.15) is 12.7 Å². The van der Waals surface area contributed by atoms with E-state index in [0.29, 0.717) is 0 Å². The van der Waals surface area contributed by atoms with Crippen molar-refractivity contribution in [1.82, 2.24) is 19.9 Å². The van der Waals surface area contributed by atoms with Crippen LogP contribution in [-0.2, 0) is 17.3 Å². The van der Waals surface area contributed by atoms with Crippen molar-refractivity contribution in [2.75, 3.05) is 0 Å². The summed E-state index contributed by atoms with van der Waals surface area (Å²) in [5.41, 5.74) is 5.88. The highest BCUT2D eigenvalue weighted by atomic mass is 14.9. The Balaban J connectivity index is 0.000000156. The molecule has 2 aromatic heterocycles. The predicted octanol–water partition coefficient (Wildman–Crippen LogP) is 5.27. The molecule has 27 heavy (non-hydrogen) atoms. The summed E-state index contributed by atoms with van der Waals surface area (Å²) in [6, 6.07) is 8.13. The van der Waals surface area contributed by atoms with Crippen LogP contribution in [0.15, 0.2) is 43.0 Å². The van der Waals surface area contributed by atoms with E-state index in [9.17, 15) is 0 Å². The molecule has 4 heteroatoms. The molecule has 0 aliphatic heterocycles. The number of aromatic nitrogens is 4. The van der Waals surface area contributed by atoms with Crippen LogP contribution in [0.5, 0.6) is 0 Å². The number of hydrogen-bond donors (Lipinski definition) is 0. The molecular weight excluding hydrogens is 332 g/mol. The van der Waals surface area contributed by atoms with Gasteiger partial charge in [-0.25, -0.2) is 19.9 Å². The van der Waals surface area contributed by atoms with Crippen molar-refractivity contribution in [2.24, 2.45) is 0 Å². The first-order valence-electron chi connectivity index (χ1n) is 9.39. The molecule has 0 N–H and O–H groups in total. The van der Waals surface area contributed by atoms with Gasteiger partial charge in [0.25, 0.3) is 0 Å². The fourth-order valence-corrected chi connectivity index (χ4v) is 3.26. The van der Waals surface area contributed by atoms with Crippen LogP contribution in [0.3, 0.4) is 0 Å². The van der Waals surface area contributed by atoms with Crippen LogP contribution in [0.2, 0.25) is 0 Å². The second kappa shape index (κ2) is 7.18. The maximum Gasteiger partial charge on any atom is 0.116 e. The highest BCUT2D eigenvalue weighted by Gasteiger charge is 2.22. The number of allylic oxidation sites excluding steroid dienone is 1. The lowest BCUT2D eigenvalue weighted by Crippen LogP contribution is -2.16. The van der Waals surface area contributed by atoms with Crippen LogP contribution in [0.25, 0.3) is 17.0 Å². The first-order chi connectivity index (χ1) is 12.7. The standard InChI is InChI=1S/C12H14N2.C11H14N2/c1-12(2,3)11-9-6-4-5-7-10(9)13-8-14-11;1-11(2,3)10-8-5-4-6-9(8)12-7-13-10/h4-8H,1-3H3;4-5,7H,6H2,1-3H3. The van der Waals surface area contributed by atoms with Crippen molar-refractivity contribution in [3.8, 4) is 0 Å². The van der Waals surface area contributed by atoms with Crippen LogP contribution < -0.4 is 0 Å². The maximum atomic E-state index is 4.37. The second-order valence-corrected chi connectivity index (χ2v) is 8.93. The third-order valence-electron chi connectivity index (χ3n) is 4.53. The lowest BCUT2D eigenvalue weighted by molar-refractivity contribution is 0.564. The number of nitrogens with zero attached hydrogens (tertiary/aromatic N) is 4. The molecule has 0 bridgehead atoms. The Kier molecular flexibility index (Phi) is 5.09. The summed E-state index contributed by atoms with van der Waals surface area (Å²) in [4.78, 5) is 17.2. The smallest absolute Gasteiger partial charge is 0.116 e. The van der Waals surface area contributed by atoms with E-state index in [2.05, 4.69) is 79.7 Å². The van der Waals surface area contributed by atoms with Crippen molar-refractivity contribution in [1.29, 1.82) is 0 Å². The molecule has 0 atom stereocenters. The molecule has 0 saturated carbocycles. The van der Waals surface area contributed by atoms with Crippen LogP contribution in [0, 0.1) is 0 Å². The monoisotopic (exact) mass is 360 g/mol. The molecule has 1 aliphatic carbocycles. The van der Waals surface area contributed by atoms with Crippen LogP contribution in [-0.4, -0.2) is 19.9 Å². The van der Waals surface area contributed by atoms with E-state index >= 15 is 0 Å². The highest BCUT2D eigenvalue weighted by molar-refractivity contribution is 5.81. The molecule has 0 amide bonds. The summed E-state index contributed by atoms with van der Waals surface area (Å²) in [5.74, 6) is 0. The third-order valence-corrected chi connectivity index (χ3v) is 4.53. The van der Waals surface area contributed by atoms with Crippen molar-refractivity contribution in [2.45, 2.75) is 58.8 Å². The van der Waals surface area contributed by atoms with E-state index in [1.807, 2.05) is 18.2 Å². The summed E-state index contributed by atoms with van der Waals surface area (Å²) < 4.78 is 0. The largest absolute Gasteiger partial charge is 0.240 e. The van der Waals surface area contributed by atoms with E-state index in [1.165, 1.54) is 11.3 Å². The molecule has 0 fully saturated rings. The minimum Gasteiger partial charge on any atom is -0.240 e. The molecule has 3 aromatic rings. The van der Waals surface area contributed by atoms with Gasteiger partial charge in [-0.2, -0.15) is 0 Å².